The van der Waals surface area contributed by atoms with Crippen molar-refractivity contribution < 1.29 is 14.6 Å². The van der Waals surface area contributed by atoms with Gasteiger partial charge in [-0.2, -0.15) is 5.06 Å². The fourth-order valence-electron chi connectivity index (χ4n) is 4.54. The number of hydrogen-bond acceptors (Lipinski definition) is 5. The molecular weight excluding hydrogens is 334 g/mol. The molecule has 3 heterocycles. The zero-order valence-electron chi connectivity index (χ0n) is 14.9. The molecule has 4 rings (SSSR count). The number of nitro groups is 1. The lowest BCUT2D eigenvalue weighted by Gasteiger charge is -2.31. The van der Waals surface area contributed by atoms with Crippen molar-refractivity contribution in [3.05, 3.63) is 39.9 Å². The molecule has 0 bridgehead atoms. The Morgan fingerprint density at radius 2 is 1.73 bits per heavy atom. The van der Waals surface area contributed by atoms with Crippen LogP contribution in [0.1, 0.15) is 50.0 Å². The summed E-state index contributed by atoms with van der Waals surface area (Å²) < 4.78 is 0. The molecule has 0 radical (unpaired) electrons. The molecule has 3 aliphatic rings. The molecule has 0 spiro atoms. The van der Waals surface area contributed by atoms with E-state index in [4.69, 9.17) is 4.84 Å². The Balaban J connectivity index is 1.62. The maximum atomic E-state index is 13.2. The standard InChI is InChI=1S/C19H25N3O4/c23-19(20-11-3-1-4-12-20)18-17(16-6-2-5-13-21(16)26-18)14-7-9-15(10-8-14)22(24)25/h7-10,16-18H,1-6,11-13H2/t16-,17+,18+/m0/s1. The number of carbonyl (C=O) groups excluding carboxylic acids is 1. The number of rotatable bonds is 3. The van der Waals surface area contributed by atoms with E-state index >= 15 is 0 Å². The molecular formula is C19H25N3O4. The highest BCUT2D eigenvalue weighted by Gasteiger charge is 2.49. The fraction of sp³-hybridized carbons (Fsp3) is 0.632. The number of hydroxylamine groups is 2. The third-order valence-electron chi connectivity index (χ3n) is 5.89. The molecule has 0 aliphatic carbocycles. The van der Waals surface area contributed by atoms with Gasteiger partial charge in [0.25, 0.3) is 11.6 Å². The summed E-state index contributed by atoms with van der Waals surface area (Å²) in [4.78, 5) is 31.8. The van der Waals surface area contributed by atoms with Gasteiger partial charge in [0.2, 0.25) is 0 Å². The number of nitrogens with zero attached hydrogens (tertiary/aromatic N) is 3. The Bertz CT molecular complexity index is 672. The number of benzene rings is 1. The van der Waals surface area contributed by atoms with E-state index < -0.39 is 11.0 Å². The molecule has 0 unspecified atom stereocenters. The van der Waals surface area contributed by atoms with Gasteiger partial charge in [0.15, 0.2) is 6.10 Å². The Morgan fingerprint density at radius 1 is 1.04 bits per heavy atom. The second kappa shape index (κ2) is 7.32. The van der Waals surface area contributed by atoms with Gasteiger partial charge in [-0.05, 0) is 37.7 Å². The molecule has 0 N–H and O–H groups in total. The largest absolute Gasteiger partial charge is 0.340 e. The van der Waals surface area contributed by atoms with Gasteiger partial charge in [-0.1, -0.05) is 18.6 Å². The molecule has 3 fully saturated rings. The Kier molecular flexibility index (Phi) is 4.91. The van der Waals surface area contributed by atoms with Crippen LogP contribution in [0.4, 0.5) is 5.69 Å². The van der Waals surface area contributed by atoms with Crippen LogP contribution in [0, 0.1) is 10.1 Å². The lowest BCUT2D eigenvalue weighted by molar-refractivity contribution is -0.384. The summed E-state index contributed by atoms with van der Waals surface area (Å²) in [5.41, 5.74) is 1.03. The first kappa shape index (κ1) is 17.4. The minimum atomic E-state index is -0.516. The minimum Gasteiger partial charge on any atom is -0.340 e. The molecule has 1 aromatic rings. The van der Waals surface area contributed by atoms with E-state index in [0.29, 0.717) is 0 Å². The van der Waals surface area contributed by atoms with Gasteiger partial charge < -0.3 is 4.90 Å². The van der Waals surface area contributed by atoms with E-state index in [0.717, 1.165) is 57.3 Å². The average molecular weight is 359 g/mol. The third kappa shape index (κ3) is 3.21. The Labute approximate surface area is 153 Å². The highest BCUT2D eigenvalue weighted by Crippen LogP contribution is 2.42. The molecule has 1 aromatic carbocycles. The summed E-state index contributed by atoms with van der Waals surface area (Å²) in [6.45, 7) is 2.45. The van der Waals surface area contributed by atoms with E-state index in [2.05, 4.69) is 0 Å². The maximum Gasteiger partial charge on any atom is 0.269 e. The van der Waals surface area contributed by atoms with E-state index in [1.807, 2.05) is 9.96 Å². The van der Waals surface area contributed by atoms with Crippen LogP contribution in [-0.2, 0) is 9.63 Å². The number of likely N-dealkylation sites (tertiary alicyclic amines) is 1. The summed E-state index contributed by atoms with van der Waals surface area (Å²) in [5, 5.41) is 12.9. The van der Waals surface area contributed by atoms with Crippen molar-refractivity contribution in [1.82, 2.24) is 9.96 Å². The van der Waals surface area contributed by atoms with Gasteiger partial charge in [-0.15, -0.1) is 0 Å². The van der Waals surface area contributed by atoms with Gasteiger partial charge in [-0.25, -0.2) is 0 Å². The zero-order valence-corrected chi connectivity index (χ0v) is 14.9. The highest BCUT2D eigenvalue weighted by molar-refractivity contribution is 5.82. The van der Waals surface area contributed by atoms with Crippen LogP contribution in [0.2, 0.25) is 0 Å². The normalized spacial score (nSPS) is 29.4. The second-order valence-electron chi connectivity index (χ2n) is 7.49. The van der Waals surface area contributed by atoms with Gasteiger partial charge in [-0.3, -0.25) is 19.7 Å². The molecule has 7 heteroatoms. The summed E-state index contributed by atoms with van der Waals surface area (Å²) in [6, 6.07) is 6.82. The monoisotopic (exact) mass is 359 g/mol. The van der Waals surface area contributed by atoms with Crippen LogP contribution in [-0.4, -0.2) is 52.6 Å². The summed E-state index contributed by atoms with van der Waals surface area (Å²) in [5.74, 6) is 0.00739. The van der Waals surface area contributed by atoms with E-state index in [-0.39, 0.29) is 23.6 Å². The van der Waals surface area contributed by atoms with E-state index in [9.17, 15) is 14.9 Å². The van der Waals surface area contributed by atoms with Gasteiger partial charge >= 0.3 is 0 Å². The molecule has 3 atom stereocenters. The smallest absolute Gasteiger partial charge is 0.269 e. The van der Waals surface area contributed by atoms with Crippen LogP contribution in [0.5, 0.6) is 0 Å². The van der Waals surface area contributed by atoms with Crippen molar-refractivity contribution in [2.45, 2.75) is 56.6 Å². The Morgan fingerprint density at radius 3 is 2.42 bits per heavy atom. The number of fused-ring (bicyclic) bond motifs is 1. The summed E-state index contributed by atoms with van der Waals surface area (Å²) >= 11 is 0. The van der Waals surface area contributed by atoms with E-state index in [1.165, 1.54) is 18.6 Å². The van der Waals surface area contributed by atoms with Crippen LogP contribution in [0.25, 0.3) is 0 Å². The van der Waals surface area contributed by atoms with Crippen molar-refractivity contribution in [2.75, 3.05) is 19.6 Å². The lowest BCUT2D eigenvalue weighted by atomic mass is 9.83. The van der Waals surface area contributed by atoms with Crippen molar-refractivity contribution >= 4 is 11.6 Å². The minimum absolute atomic E-state index is 0.0643. The number of piperidine rings is 2. The van der Waals surface area contributed by atoms with Crippen LogP contribution < -0.4 is 0 Å². The van der Waals surface area contributed by atoms with Gasteiger partial charge in [0, 0.05) is 43.7 Å². The van der Waals surface area contributed by atoms with Crippen molar-refractivity contribution in [1.29, 1.82) is 0 Å². The number of nitro benzene ring substituents is 1. The average Bonchev–Trinajstić information content (AvgIpc) is 3.07. The van der Waals surface area contributed by atoms with Crippen LogP contribution in [0.3, 0.4) is 0 Å². The molecule has 0 saturated carbocycles. The molecule has 3 aliphatic heterocycles. The Hall–Kier alpha value is -1.99. The maximum absolute atomic E-state index is 13.2. The van der Waals surface area contributed by atoms with Gasteiger partial charge in [0.1, 0.15) is 0 Å². The predicted molar refractivity (Wildman–Crippen MR) is 95.5 cm³/mol. The van der Waals surface area contributed by atoms with Gasteiger partial charge in [0.05, 0.1) is 4.92 Å². The number of hydrogen-bond donors (Lipinski definition) is 0. The number of carbonyl (C=O) groups is 1. The zero-order chi connectivity index (χ0) is 18.1. The first-order chi connectivity index (χ1) is 12.6. The first-order valence-corrected chi connectivity index (χ1v) is 9.62. The second-order valence-corrected chi connectivity index (χ2v) is 7.49. The summed E-state index contributed by atoms with van der Waals surface area (Å²) in [6.07, 6.45) is 5.95. The molecule has 1 amide bonds. The molecule has 26 heavy (non-hydrogen) atoms. The SMILES string of the molecule is O=C([C@@H]1ON2CCCC[C@H]2[C@H]1c1ccc([N+](=O)[O-])cc1)N1CCCCC1. The van der Waals surface area contributed by atoms with Crippen molar-refractivity contribution in [2.24, 2.45) is 0 Å². The fourth-order valence-corrected chi connectivity index (χ4v) is 4.54. The predicted octanol–water partition coefficient (Wildman–Crippen LogP) is 2.86. The van der Waals surface area contributed by atoms with Crippen molar-refractivity contribution in [3.63, 3.8) is 0 Å². The number of amides is 1. The summed E-state index contributed by atoms with van der Waals surface area (Å²) in [7, 11) is 0. The van der Waals surface area contributed by atoms with Crippen molar-refractivity contribution in [3.8, 4) is 0 Å². The molecule has 0 aromatic heterocycles. The molecule has 7 nitrogen and oxygen atoms in total. The third-order valence-corrected chi connectivity index (χ3v) is 5.89. The topological polar surface area (TPSA) is 75.9 Å². The van der Waals surface area contributed by atoms with Crippen LogP contribution >= 0.6 is 0 Å². The molecule has 3 saturated heterocycles. The quantitative estimate of drug-likeness (QED) is 0.613. The highest BCUT2D eigenvalue weighted by atomic mass is 16.7. The van der Waals surface area contributed by atoms with E-state index in [1.54, 1.807) is 12.1 Å². The van der Waals surface area contributed by atoms with Crippen LogP contribution in [0.15, 0.2) is 24.3 Å². The number of non-ortho nitro benzene ring substituents is 1. The first-order valence-electron chi connectivity index (χ1n) is 9.62. The lowest BCUT2D eigenvalue weighted by Crippen LogP contribution is -2.44. The molecule has 140 valence electrons.